The largest absolute Gasteiger partial charge is 0.394 e. The van der Waals surface area contributed by atoms with Crippen molar-refractivity contribution in [2.45, 2.75) is 58.9 Å². The lowest BCUT2D eigenvalue weighted by molar-refractivity contribution is 0.169. The Kier molecular flexibility index (Phi) is 8.83. The standard InChI is InChI=1S/C14H32N2O/c1-5-13(4)11-16(7-3)10-8-9-14(15,6-2)12-17/h13,17H,5-12,15H2,1-4H3. The molecular weight excluding hydrogens is 212 g/mol. The minimum absolute atomic E-state index is 0.0982. The number of hydrogen-bond acceptors (Lipinski definition) is 3. The molecule has 0 radical (unpaired) electrons. The fraction of sp³-hybridized carbons (Fsp3) is 1.00. The summed E-state index contributed by atoms with van der Waals surface area (Å²) in [7, 11) is 0. The smallest absolute Gasteiger partial charge is 0.0611 e. The molecule has 104 valence electrons. The molecule has 0 saturated carbocycles. The van der Waals surface area contributed by atoms with Gasteiger partial charge in [0.2, 0.25) is 0 Å². The van der Waals surface area contributed by atoms with E-state index < -0.39 is 0 Å². The summed E-state index contributed by atoms with van der Waals surface area (Å²) in [5.74, 6) is 0.765. The molecular formula is C14H32N2O. The molecule has 0 fully saturated rings. The van der Waals surface area contributed by atoms with Crippen LogP contribution in [0.4, 0.5) is 0 Å². The van der Waals surface area contributed by atoms with Crippen molar-refractivity contribution in [2.75, 3.05) is 26.2 Å². The summed E-state index contributed by atoms with van der Waals surface area (Å²) < 4.78 is 0. The van der Waals surface area contributed by atoms with E-state index in [-0.39, 0.29) is 12.1 Å². The molecule has 17 heavy (non-hydrogen) atoms. The molecule has 2 unspecified atom stereocenters. The Morgan fingerprint density at radius 3 is 2.35 bits per heavy atom. The van der Waals surface area contributed by atoms with Gasteiger partial charge >= 0.3 is 0 Å². The van der Waals surface area contributed by atoms with Crippen molar-refractivity contribution in [3.05, 3.63) is 0 Å². The normalized spacial score (nSPS) is 17.1. The van der Waals surface area contributed by atoms with Crippen LogP contribution >= 0.6 is 0 Å². The summed E-state index contributed by atoms with van der Waals surface area (Å²) in [6, 6.07) is 0. The molecule has 0 aromatic carbocycles. The molecule has 0 spiro atoms. The Bertz CT molecular complexity index is 181. The van der Waals surface area contributed by atoms with Crippen LogP contribution < -0.4 is 5.73 Å². The zero-order valence-electron chi connectivity index (χ0n) is 12.2. The van der Waals surface area contributed by atoms with Crippen molar-refractivity contribution in [3.63, 3.8) is 0 Å². The van der Waals surface area contributed by atoms with Gasteiger partial charge in [-0.1, -0.05) is 34.1 Å². The third-order valence-electron chi connectivity index (χ3n) is 3.88. The summed E-state index contributed by atoms with van der Waals surface area (Å²) in [6.45, 7) is 12.3. The molecule has 0 aliphatic carbocycles. The van der Waals surface area contributed by atoms with Gasteiger partial charge in [0.05, 0.1) is 6.61 Å². The van der Waals surface area contributed by atoms with E-state index >= 15 is 0 Å². The molecule has 0 aliphatic heterocycles. The lowest BCUT2D eigenvalue weighted by Crippen LogP contribution is -2.43. The average molecular weight is 244 g/mol. The van der Waals surface area contributed by atoms with Gasteiger partial charge in [0.25, 0.3) is 0 Å². The Labute approximate surface area is 107 Å². The van der Waals surface area contributed by atoms with E-state index in [2.05, 4.69) is 25.7 Å². The molecule has 0 saturated heterocycles. The lowest BCUT2D eigenvalue weighted by atomic mass is 9.92. The maximum absolute atomic E-state index is 9.25. The van der Waals surface area contributed by atoms with Crippen molar-refractivity contribution in [3.8, 4) is 0 Å². The van der Waals surface area contributed by atoms with Crippen LogP contribution in [0.15, 0.2) is 0 Å². The summed E-state index contributed by atoms with van der Waals surface area (Å²) in [4.78, 5) is 2.49. The van der Waals surface area contributed by atoms with Gasteiger partial charge in [-0.2, -0.15) is 0 Å². The van der Waals surface area contributed by atoms with Crippen LogP contribution in [0.3, 0.4) is 0 Å². The van der Waals surface area contributed by atoms with Crippen molar-refractivity contribution in [1.82, 2.24) is 4.90 Å². The molecule has 0 rings (SSSR count). The SMILES string of the molecule is CCC(C)CN(CC)CCCC(N)(CC)CO. The quantitative estimate of drug-likeness (QED) is 0.619. The molecule has 2 atom stereocenters. The van der Waals surface area contributed by atoms with E-state index in [4.69, 9.17) is 5.73 Å². The number of hydrogen-bond donors (Lipinski definition) is 2. The van der Waals surface area contributed by atoms with Gasteiger partial charge in [-0.15, -0.1) is 0 Å². The molecule has 0 heterocycles. The van der Waals surface area contributed by atoms with Crippen LogP contribution in [-0.2, 0) is 0 Å². The van der Waals surface area contributed by atoms with E-state index in [1.165, 1.54) is 13.0 Å². The number of nitrogens with two attached hydrogens (primary N) is 1. The predicted molar refractivity (Wildman–Crippen MR) is 75.1 cm³/mol. The second-order valence-electron chi connectivity index (χ2n) is 5.38. The summed E-state index contributed by atoms with van der Waals surface area (Å²) in [6.07, 6.45) is 4.08. The molecule has 3 nitrogen and oxygen atoms in total. The monoisotopic (exact) mass is 244 g/mol. The van der Waals surface area contributed by atoms with Crippen LogP contribution in [0.25, 0.3) is 0 Å². The van der Waals surface area contributed by atoms with Crippen LogP contribution in [0.2, 0.25) is 0 Å². The van der Waals surface area contributed by atoms with E-state index in [9.17, 15) is 5.11 Å². The maximum atomic E-state index is 9.25. The highest BCUT2D eigenvalue weighted by Gasteiger charge is 2.21. The molecule has 0 bridgehead atoms. The number of nitrogens with zero attached hydrogens (tertiary/aromatic N) is 1. The van der Waals surface area contributed by atoms with Crippen molar-refractivity contribution in [2.24, 2.45) is 11.7 Å². The second-order valence-corrected chi connectivity index (χ2v) is 5.38. The molecule has 3 heteroatoms. The molecule has 0 aliphatic rings. The van der Waals surface area contributed by atoms with Gasteiger partial charge < -0.3 is 15.7 Å². The van der Waals surface area contributed by atoms with Gasteiger partial charge in [-0.25, -0.2) is 0 Å². The fourth-order valence-electron chi connectivity index (χ4n) is 1.97. The predicted octanol–water partition coefficient (Wildman–Crippen LogP) is 2.23. The van der Waals surface area contributed by atoms with Gasteiger partial charge in [-0.05, 0) is 38.3 Å². The minimum atomic E-state index is -0.365. The van der Waals surface area contributed by atoms with Gasteiger partial charge in [-0.3, -0.25) is 0 Å². The zero-order valence-corrected chi connectivity index (χ0v) is 12.2. The molecule has 0 aromatic heterocycles. The van der Waals surface area contributed by atoms with E-state index in [1.54, 1.807) is 0 Å². The Hall–Kier alpha value is -0.120. The van der Waals surface area contributed by atoms with Crippen LogP contribution in [0.1, 0.15) is 53.4 Å². The molecule has 0 amide bonds. The van der Waals surface area contributed by atoms with E-state index in [0.29, 0.717) is 0 Å². The first-order chi connectivity index (χ1) is 8.01. The number of aliphatic hydroxyl groups excluding tert-OH is 1. The van der Waals surface area contributed by atoms with Crippen molar-refractivity contribution in [1.29, 1.82) is 0 Å². The molecule has 3 N–H and O–H groups in total. The highest BCUT2D eigenvalue weighted by molar-refractivity contribution is 4.81. The lowest BCUT2D eigenvalue weighted by Gasteiger charge is -2.28. The third-order valence-corrected chi connectivity index (χ3v) is 3.88. The first-order valence-electron chi connectivity index (χ1n) is 7.13. The number of rotatable bonds is 10. The van der Waals surface area contributed by atoms with Crippen LogP contribution in [0.5, 0.6) is 0 Å². The van der Waals surface area contributed by atoms with Gasteiger partial charge in [0, 0.05) is 12.1 Å². The maximum Gasteiger partial charge on any atom is 0.0611 e. The molecule has 0 aromatic rings. The second kappa shape index (κ2) is 8.90. The number of aliphatic hydroxyl groups is 1. The zero-order chi connectivity index (χ0) is 13.3. The van der Waals surface area contributed by atoms with Crippen molar-refractivity contribution >= 4 is 0 Å². The summed E-state index contributed by atoms with van der Waals surface area (Å²) in [5.41, 5.74) is 5.72. The average Bonchev–Trinajstić information content (AvgIpc) is 2.36. The third kappa shape index (κ3) is 7.02. The van der Waals surface area contributed by atoms with Crippen LogP contribution in [-0.4, -0.2) is 41.8 Å². The topological polar surface area (TPSA) is 49.5 Å². The van der Waals surface area contributed by atoms with Gasteiger partial charge in [0.1, 0.15) is 0 Å². The van der Waals surface area contributed by atoms with E-state index in [0.717, 1.165) is 38.3 Å². The fourth-order valence-corrected chi connectivity index (χ4v) is 1.97. The highest BCUT2D eigenvalue weighted by atomic mass is 16.3. The highest BCUT2D eigenvalue weighted by Crippen LogP contribution is 2.14. The summed E-state index contributed by atoms with van der Waals surface area (Å²) in [5, 5.41) is 9.25. The van der Waals surface area contributed by atoms with E-state index in [1.807, 2.05) is 6.92 Å². The first kappa shape index (κ1) is 16.9. The van der Waals surface area contributed by atoms with Crippen molar-refractivity contribution < 1.29 is 5.11 Å². The Balaban J connectivity index is 3.91. The van der Waals surface area contributed by atoms with Crippen LogP contribution in [0, 0.1) is 5.92 Å². The van der Waals surface area contributed by atoms with Gasteiger partial charge in [0.15, 0.2) is 0 Å². The summed E-state index contributed by atoms with van der Waals surface area (Å²) >= 11 is 0. The first-order valence-corrected chi connectivity index (χ1v) is 7.13. The Morgan fingerprint density at radius 1 is 1.29 bits per heavy atom. The minimum Gasteiger partial charge on any atom is -0.394 e. The Morgan fingerprint density at radius 2 is 1.94 bits per heavy atom.